The van der Waals surface area contributed by atoms with Crippen molar-refractivity contribution in [3.63, 3.8) is 0 Å². The number of halogens is 1. The molecule has 9 heteroatoms. The van der Waals surface area contributed by atoms with E-state index in [2.05, 4.69) is 30.1 Å². The number of aryl methyl sites for hydroxylation is 1. The van der Waals surface area contributed by atoms with Crippen molar-refractivity contribution in [3.05, 3.63) is 57.6 Å². The molecule has 1 N–H and O–H groups in total. The van der Waals surface area contributed by atoms with E-state index >= 15 is 0 Å². The van der Waals surface area contributed by atoms with Crippen LogP contribution in [0.25, 0.3) is 0 Å². The fraction of sp³-hybridized carbons (Fsp3) is 0.480. The Morgan fingerprint density at radius 1 is 1.06 bits per heavy atom. The number of amides is 1. The van der Waals surface area contributed by atoms with Crippen molar-refractivity contribution in [2.45, 2.75) is 44.6 Å². The molecule has 1 amide bonds. The predicted octanol–water partition coefficient (Wildman–Crippen LogP) is 4.21. The maximum absolute atomic E-state index is 13.2. The zero-order chi connectivity index (χ0) is 25.2. The normalized spacial score (nSPS) is 16.5. The number of nitrogens with zero attached hydrogens (tertiary/aromatic N) is 2. The highest BCUT2D eigenvalue weighted by Crippen LogP contribution is 2.32. The zero-order valence-electron chi connectivity index (χ0n) is 20.7. The monoisotopic (exact) mass is 507 g/mol. The molecule has 0 saturated carbocycles. The average molecular weight is 508 g/mol. The third-order valence-electron chi connectivity index (χ3n) is 6.33. The van der Waals surface area contributed by atoms with Gasteiger partial charge in [-0.2, -0.15) is 4.31 Å². The van der Waals surface area contributed by atoms with Gasteiger partial charge in [0.15, 0.2) is 0 Å². The average Bonchev–Trinajstić information content (AvgIpc) is 2.78. The number of hydrogen-bond donors (Lipinski definition) is 1. The van der Waals surface area contributed by atoms with Crippen LogP contribution < -0.4 is 10.1 Å². The largest absolute Gasteiger partial charge is 0.496 e. The van der Waals surface area contributed by atoms with E-state index in [1.165, 1.54) is 16.4 Å². The summed E-state index contributed by atoms with van der Waals surface area (Å²) >= 11 is 6.27. The number of ether oxygens (including phenoxy) is 1. The number of carbonyl (C=O) groups excluding carboxylic acids is 1. The van der Waals surface area contributed by atoms with Gasteiger partial charge in [0.25, 0.3) is 5.91 Å². The molecule has 1 saturated heterocycles. The Kier molecular flexibility index (Phi) is 8.29. The molecule has 0 aliphatic carbocycles. The van der Waals surface area contributed by atoms with Gasteiger partial charge in [-0.25, -0.2) is 8.42 Å². The molecular weight excluding hydrogens is 474 g/mol. The summed E-state index contributed by atoms with van der Waals surface area (Å²) in [6, 6.07) is 8.15. The summed E-state index contributed by atoms with van der Waals surface area (Å²) in [5, 5.41) is 3.11. The van der Waals surface area contributed by atoms with Gasteiger partial charge in [-0.3, -0.25) is 4.79 Å². The summed E-state index contributed by atoms with van der Waals surface area (Å²) in [7, 11) is -0.193. The minimum Gasteiger partial charge on any atom is -0.496 e. The molecule has 1 heterocycles. The van der Waals surface area contributed by atoms with Gasteiger partial charge in [0.2, 0.25) is 10.0 Å². The van der Waals surface area contributed by atoms with Crippen molar-refractivity contribution in [2.75, 3.05) is 40.3 Å². The smallest absolute Gasteiger partial charge is 0.251 e. The SMILES string of the molecule is COc1cc(C)c(C(C)NC(=O)c2ccc(Cl)c(S(=O)(=O)N3CCN(C)CC3)c2)cc1C(C)C. The van der Waals surface area contributed by atoms with E-state index in [-0.39, 0.29) is 33.3 Å². The summed E-state index contributed by atoms with van der Waals surface area (Å²) in [5.41, 5.74) is 3.30. The second-order valence-electron chi connectivity index (χ2n) is 9.15. The van der Waals surface area contributed by atoms with Gasteiger partial charge in [-0.1, -0.05) is 25.4 Å². The number of sulfonamides is 1. The van der Waals surface area contributed by atoms with Crippen LogP contribution in [0.5, 0.6) is 5.75 Å². The highest BCUT2D eigenvalue weighted by atomic mass is 35.5. The van der Waals surface area contributed by atoms with Crippen molar-refractivity contribution in [1.82, 2.24) is 14.5 Å². The van der Waals surface area contributed by atoms with Crippen LogP contribution in [-0.4, -0.2) is 63.9 Å². The quantitative estimate of drug-likeness (QED) is 0.607. The number of methoxy groups -OCH3 is 1. The Bertz CT molecular complexity index is 1160. The van der Waals surface area contributed by atoms with Crippen molar-refractivity contribution in [2.24, 2.45) is 0 Å². The first-order valence-electron chi connectivity index (χ1n) is 11.4. The van der Waals surface area contributed by atoms with Crippen molar-refractivity contribution < 1.29 is 17.9 Å². The molecule has 1 aliphatic heterocycles. The Balaban J connectivity index is 1.85. The van der Waals surface area contributed by atoms with Crippen LogP contribution in [0.1, 0.15) is 59.8 Å². The number of hydrogen-bond acceptors (Lipinski definition) is 5. The lowest BCUT2D eigenvalue weighted by Crippen LogP contribution is -2.47. The Labute approximate surface area is 208 Å². The third kappa shape index (κ3) is 5.57. The highest BCUT2D eigenvalue weighted by molar-refractivity contribution is 7.89. The van der Waals surface area contributed by atoms with Gasteiger partial charge in [0, 0.05) is 31.7 Å². The van der Waals surface area contributed by atoms with Crippen LogP contribution in [0.3, 0.4) is 0 Å². The topological polar surface area (TPSA) is 78.9 Å². The first-order chi connectivity index (χ1) is 15.9. The first-order valence-corrected chi connectivity index (χ1v) is 13.2. The molecule has 7 nitrogen and oxygen atoms in total. The maximum Gasteiger partial charge on any atom is 0.251 e. The van der Waals surface area contributed by atoms with E-state index < -0.39 is 10.0 Å². The van der Waals surface area contributed by atoms with E-state index in [0.29, 0.717) is 26.2 Å². The number of likely N-dealkylation sites (N-methyl/N-ethyl adjacent to an activating group) is 1. The van der Waals surface area contributed by atoms with Gasteiger partial charge < -0.3 is 15.0 Å². The number of nitrogens with one attached hydrogen (secondary N) is 1. The van der Waals surface area contributed by atoms with Crippen LogP contribution >= 0.6 is 11.6 Å². The van der Waals surface area contributed by atoms with E-state index in [4.69, 9.17) is 16.3 Å². The summed E-state index contributed by atoms with van der Waals surface area (Å²) in [6.07, 6.45) is 0. The molecule has 1 atom stereocenters. The zero-order valence-corrected chi connectivity index (χ0v) is 22.3. The molecule has 0 aromatic heterocycles. The fourth-order valence-corrected chi connectivity index (χ4v) is 6.10. The second-order valence-corrected chi connectivity index (χ2v) is 11.5. The summed E-state index contributed by atoms with van der Waals surface area (Å²) < 4.78 is 33.4. The lowest BCUT2D eigenvalue weighted by Gasteiger charge is -2.31. The standard InChI is InChI=1S/C25H34ClN3O4S/c1-16(2)20-15-21(17(3)13-23(20)33-6)18(4)27-25(30)19-7-8-22(26)24(14-19)34(31,32)29-11-9-28(5)10-12-29/h7-8,13-16,18H,9-12H2,1-6H3,(H,27,30). The Morgan fingerprint density at radius 2 is 1.71 bits per heavy atom. The molecule has 1 unspecified atom stereocenters. The minimum atomic E-state index is -3.80. The van der Waals surface area contributed by atoms with Gasteiger partial charge in [-0.15, -0.1) is 0 Å². The molecule has 34 heavy (non-hydrogen) atoms. The second kappa shape index (κ2) is 10.6. The predicted molar refractivity (Wildman–Crippen MR) is 135 cm³/mol. The van der Waals surface area contributed by atoms with Crippen LogP contribution in [0.4, 0.5) is 0 Å². The van der Waals surface area contributed by atoms with Gasteiger partial charge in [0.1, 0.15) is 10.6 Å². The molecule has 0 radical (unpaired) electrons. The van der Waals surface area contributed by atoms with Crippen molar-refractivity contribution in [3.8, 4) is 5.75 Å². The molecule has 2 aromatic rings. The fourth-order valence-electron chi connectivity index (χ4n) is 4.18. The molecule has 2 aromatic carbocycles. The molecule has 0 spiro atoms. The third-order valence-corrected chi connectivity index (χ3v) is 8.71. The van der Waals surface area contributed by atoms with Crippen LogP contribution in [-0.2, 0) is 10.0 Å². The van der Waals surface area contributed by atoms with Crippen molar-refractivity contribution in [1.29, 1.82) is 0 Å². The summed E-state index contributed by atoms with van der Waals surface area (Å²) in [6.45, 7) is 10.1. The highest BCUT2D eigenvalue weighted by Gasteiger charge is 2.30. The van der Waals surface area contributed by atoms with E-state index in [1.807, 2.05) is 27.0 Å². The molecule has 3 rings (SSSR count). The van der Waals surface area contributed by atoms with Crippen LogP contribution in [0, 0.1) is 6.92 Å². The van der Waals surface area contributed by atoms with E-state index in [1.54, 1.807) is 13.2 Å². The number of benzene rings is 2. The maximum atomic E-state index is 13.2. The lowest BCUT2D eigenvalue weighted by molar-refractivity contribution is 0.0939. The molecule has 1 aliphatic rings. The number of rotatable bonds is 7. The lowest BCUT2D eigenvalue weighted by atomic mass is 9.93. The van der Waals surface area contributed by atoms with Gasteiger partial charge in [0.05, 0.1) is 18.2 Å². The van der Waals surface area contributed by atoms with Crippen LogP contribution in [0.2, 0.25) is 5.02 Å². The van der Waals surface area contributed by atoms with Crippen molar-refractivity contribution >= 4 is 27.5 Å². The van der Waals surface area contributed by atoms with E-state index in [0.717, 1.165) is 22.4 Å². The molecular formula is C25H34ClN3O4S. The Hall–Kier alpha value is -2.13. The molecule has 186 valence electrons. The summed E-state index contributed by atoms with van der Waals surface area (Å²) in [4.78, 5) is 15.1. The van der Waals surface area contributed by atoms with E-state index in [9.17, 15) is 13.2 Å². The number of carbonyl (C=O) groups is 1. The minimum absolute atomic E-state index is 0.0401. The first kappa shape index (κ1) is 26.5. The summed E-state index contributed by atoms with van der Waals surface area (Å²) in [5.74, 6) is 0.724. The van der Waals surface area contributed by atoms with Gasteiger partial charge >= 0.3 is 0 Å². The molecule has 1 fully saturated rings. The Morgan fingerprint density at radius 3 is 2.29 bits per heavy atom. The van der Waals surface area contributed by atoms with Gasteiger partial charge in [-0.05, 0) is 73.8 Å². The van der Waals surface area contributed by atoms with Crippen LogP contribution in [0.15, 0.2) is 35.2 Å². The molecule has 0 bridgehead atoms. The number of piperazine rings is 1.